The summed E-state index contributed by atoms with van der Waals surface area (Å²) in [6.07, 6.45) is 5.62. The van der Waals surface area contributed by atoms with Crippen molar-refractivity contribution in [2.24, 2.45) is 4.99 Å². The molecule has 0 saturated carbocycles. The molecule has 0 unspecified atom stereocenters. The number of hydrogen-bond donors (Lipinski definition) is 2. The summed E-state index contributed by atoms with van der Waals surface area (Å²) in [5.41, 5.74) is 1.74. The van der Waals surface area contributed by atoms with Gasteiger partial charge in [-0.15, -0.1) is 0 Å². The Hall–Kier alpha value is -2.63. The smallest absolute Gasteiger partial charge is 0.191 e. The minimum absolute atomic E-state index is 0.207. The molecule has 3 rings (SSSR count). The first kappa shape index (κ1) is 19.1. The van der Waals surface area contributed by atoms with Crippen LogP contribution >= 0.6 is 0 Å². The first-order valence-corrected chi connectivity index (χ1v) is 9.71. The summed E-state index contributed by atoms with van der Waals surface area (Å²) < 4.78 is 13.8. The molecule has 2 N–H and O–H groups in total. The fourth-order valence-corrected chi connectivity index (χ4v) is 3.19. The normalized spacial score (nSPS) is 14.9. The summed E-state index contributed by atoms with van der Waals surface area (Å²) in [7, 11) is 0. The minimum atomic E-state index is -0.207. The van der Waals surface area contributed by atoms with Gasteiger partial charge in [0.1, 0.15) is 11.6 Å². The van der Waals surface area contributed by atoms with Gasteiger partial charge in [-0.3, -0.25) is 0 Å². The average Bonchev–Trinajstić information content (AvgIpc) is 2.72. The number of aliphatic imine (C=N–C) groups is 1. The van der Waals surface area contributed by atoms with Crippen LogP contribution in [0, 0.1) is 5.82 Å². The van der Waals surface area contributed by atoms with Crippen LogP contribution in [0.5, 0.6) is 0 Å². The Labute approximate surface area is 160 Å². The van der Waals surface area contributed by atoms with E-state index in [9.17, 15) is 4.39 Å². The van der Waals surface area contributed by atoms with E-state index in [0.717, 1.165) is 31.0 Å². The zero-order valence-electron chi connectivity index (χ0n) is 15.9. The Kier molecular flexibility index (Phi) is 7.02. The van der Waals surface area contributed by atoms with Gasteiger partial charge in [-0.25, -0.2) is 14.4 Å². The highest BCUT2D eigenvalue weighted by molar-refractivity contribution is 5.79. The number of piperidine rings is 1. The maximum absolute atomic E-state index is 13.8. The Morgan fingerprint density at radius 1 is 1.15 bits per heavy atom. The molecule has 1 aliphatic rings. The van der Waals surface area contributed by atoms with Crippen LogP contribution in [0.4, 0.5) is 10.2 Å². The molecule has 0 spiro atoms. The maximum Gasteiger partial charge on any atom is 0.191 e. The Bertz CT molecular complexity index is 756. The summed E-state index contributed by atoms with van der Waals surface area (Å²) in [6.45, 7) is 5.86. The highest BCUT2D eigenvalue weighted by atomic mass is 19.1. The zero-order valence-corrected chi connectivity index (χ0v) is 15.9. The van der Waals surface area contributed by atoms with Crippen LogP contribution in [0.25, 0.3) is 0 Å². The van der Waals surface area contributed by atoms with Crippen molar-refractivity contribution in [3.63, 3.8) is 0 Å². The van der Waals surface area contributed by atoms with E-state index < -0.39 is 0 Å². The molecule has 1 fully saturated rings. The third-order valence-corrected chi connectivity index (χ3v) is 4.66. The van der Waals surface area contributed by atoms with E-state index in [1.54, 1.807) is 12.1 Å². The summed E-state index contributed by atoms with van der Waals surface area (Å²) in [6, 6.07) is 10.9. The van der Waals surface area contributed by atoms with Gasteiger partial charge in [0.15, 0.2) is 5.96 Å². The van der Waals surface area contributed by atoms with Crippen LogP contribution in [0.1, 0.15) is 37.3 Å². The lowest BCUT2D eigenvalue weighted by molar-refractivity contribution is 0.573. The van der Waals surface area contributed by atoms with Gasteiger partial charge >= 0.3 is 0 Å². The summed E-state index contributed by atoms with van der Waals surface area (Å²) in [5, 5.41) is 6.41. The second kappa shape index (κ2) is 9.90. The average molecular weight is 369 g/mol. The molecule has 6 heteroatoms. The third-order valence-electron chi connectivity index (χ3n) is 4.66. The number of benzene rings is 1. The molecule has 1 aromatic heterocycles. The number of guanidine groups is 1. The molecule has 0 radical (unpaired) electrons. The van der Waals surface area contributed by atoms with E-state index in [2.05, 4.69) is 31.6 Å². The minimum Gasteiger partial charge on any atom is -0.357 e. The number of rotatable bonds is 6. The number of hydrogen-bond acceptors (Lipinski definition) is 3. The van der Waals surface area contributed by atoms with Gasteiger partial charge in [0.25, 0.3) is 0 Å². The fraction of sp³-hybridized carbons (Fsp3) is 0.429. The van der Waals surface area contributed by atoms with Crippen molar-refractivity contribution in [1.82, 2.24) is 15.6 Å². The van der Waals surface area contributed by atoms with Crippen molar-refractivity contribution >= 4 is 11.8 Å². The predicted octanol–water partition coefficient (Wildman–Crippen LogP) is 3.47. The van der Waals surface area contributed by atoms with E-state index in [1.807, 2.05) is 25.3 Å². The third kappa shape index (κ3) is 5.67. The molecule has 2 aromatic rings. The molecular weight excluding hydrogens is 341 g/mol. The number of nitrogens with one attached hydrogen (secondary N) is 2. The monoisotopic (exact) mass is 369 g/mol. The standard InChI is InChI=1S/C21H28FN5/c1-2-23-21(26-16-18-8-4-5-9-19(18)22)25-15-17-10-11-24-20(14-17)27-12-6-3-7-13-27/h4-5,8-11,14H,2-3,6-7,12-13,15-16H2,1H3,(H2,23,25,26). The number of anilines is 1. The van der Waals surface area contributed by atoms with E-state index in [0.29, 0.717) is 24.6 Å². The Morgan fingerprint density at radius 2 is 1.96 bits per heavy atom. The van der Waals surface area contributed by atoms with Gasteiger partial charge in [-0.2, -0.15) is 0 Å². The lowest BCUT2D eigenvalue weighted by Crippen LogP contribution is -2.37. The Balaban J connectivity index is 1.63. The number of aromatic nitrogens is 1. The van der Waals surface area contributed by atoms with Crippen LogP contribution in [-0.2, 0) is 13.1 Å². The van der Waals surface area contributed by atoms with Crippen LogP contribution < -0.4 is 15.5 Å². The van der Waals surface area contributed by atoms with E-state index in [4.69, 9.17) is 0 Å². The van der Waals surface area contributed by atoms with Gasteiger partial charge in [-0.1, -0.05) is 18.2 Å². The van der Waals surface area contributed by atoms with Gasteiger partial charge in [-0.05, 0) is 49.9 Å². The van der Waals surface area contributed by atoms with Crippen molar-refractivity contribution < 1.29 is 4.39 Å². The molecular formula is C21H28FN5. The second-order valence-electron chi connectivity index (χ2n) is 6.71. The van der Waals surface area contributed by atoms with Crippen molar-refractivity contribution in [2.75, 3.05) is 24.5 Å². The summed E-state index contributed by atoms with van der Waals surface area (Å²) in [5.74, 6) is 1.50. The lowest BCUT2D eigenvalue weighted by atomic mass is 10.1. The van der Waals surface area contributed by atoms with Crippen LogP contribution in [0.2, 0.25) is 0 Å². The van der Waals surface area contributed by atoms with Gasteiger partial charge < -0.3 is 15.5 Å². The van der Waals surface area contributed by atoms with Crippen LogP contribution in [0.3, 0.4) is 0 Å². The van der Waals surface area contributed by atoms with E-state index >= 15 is 0 Å². The SMILES string of the molecule is CCNC(=NCc1ccnc(N2CCCCC2)c1)NCc1ccccc1F. The molecule has 0 aliphatic carbocycles. The molecule has 2 heterocycles. The first-order chi connectivity index (χ1) is 13.3. The summed E-state index contributed by atoms with van der Waals surface area (Å²) >= 11 is 0. The van der Waals surface area contributed by atoms with Crippen molar-refractivity contribution in [1.29, 1.82) is 0 Å². The fourth-order valence-electron chi connectivity index (χ4n) is 3.19. The second-order valence-corrected chi connectivity index (χ2v) is 6.71. The molecule has 144 valence electrons. The van der Waals surface area contributed by atoms with Crippen molar-refractivity contribution in [2.45, 2.75) is 39.3 Å². The molecule has 1 saturated heterocycles. The largest absolute Gasteiger partial charge is 0.357 e. The molecule has 1 aromatic carbocycles. The maximum atomic E-state index is 13.8. The molecule has 0 atom stereocenters. The molecule has 0 bridgehead atoms. The quantitative estimate of drug-likeness (QED) is 0.605. The highest BCUT2D eigenvalue weighted by Crippen LogP contribution is 2.18. The van der Waals surface area contributed by atoms with Gasteiger partial charge in [0, 0.05) is 37.9 Å². The van der Waals surface area contributed by atoms with Crippen molar-refractivity contribution in [3.8, 4) is 0 Å². The lowest BCUT2D eigenvalue weighted by Gasteiger charge is -2.27. The van der Waals surface area contributed by atoms with Crippen molar-refractivity contribution in [3.05, 3.63) is 59.5 Å². The summed E-state index contributed by atoms with van der Waals surface area (Å²) in [4.78, 5) is 11.5. The predicted molar refractivity (Wildman–Crippen MR) is 108 cm³/mol. The highest BCUT2D eigenvalue weighted by Gasteiger charge is 2.12. The van der Waals surface area contributed by atoms with Crippen LogP contribution in [-0.4, -0.2) is 30.6 Å². The topological polar surface area (TPSA) is 52.6 Å². The Morgan fingerprint density at radius 3 is 2.74 bits per heavy atom. The number of nitrogens with zero attached hydrogens (tertiary/aromatic N) is 3. The van der Waals surface area contributed by atoms with Crippen LogP contribution in [0.15, 0.2) is 47.6 Å². The van der Waals surface area contributed by atoms with Gasteiger partial charge in [0.05, 0.1) is 6.54 Å². The van der Waals surface area contributed by atoms with E-state index in [-0.39, 0.29) is 5.82 Å². The van der Waals surface area contributed by atoms with Gasteiger partial charge in [0.2, 0.25) is 0 Å². The first-order valence-electron chi connectivity index (χ1n) is 9.71. The number of halogens is 1. The number of pyridine rings is 1. The van der Waals surface area contributed by atoms with E-state index in [1.165, 1.54) is 25.3 Å². The zero-order chi connectivity index (χ0) is 18.9. The molecule has 0 amide bonds. The molecule has 5 nitrogen and oxygen atoms in total. The molecule has 27 heavy (non-hydrogen) atoms. The molecule has 1 aliphatic heterocycles.